The molecule has 6 rings (SSSR count). The third-order valence-electron chi connectivity index (χ3n) is 8.10. The molecular formula is C30H30ClN3O. The van der Waals surface area contributed by atoms with Crippen molar-refractivity contribution in [3.63, 3.8) is 0 Å². The zero-order chi connectivity index (χ0) is 24.3. The second-order valence-corrected chi connectivity index (χ2v) is 10.9. The quantitative estimate of drug-likeness (QED) is 0.402. The van der Waals surface area contributed by atoms with E-state index < -0.39 is 5.54 Å². The number of benzene rings is 2. The minimum absolute atomic E-state index is 0.00771. The van der Waals surface area contributed by atoms with Crippen LogP contribution < -0.4 is 4.90 Å². The van der Waals surface area contributed by atoms with Gasteiger partial charge in [-0.15, -0.1) is 0 Å². The molecule has 1 fully saturated rings. The van der Waals surface area contributed by atoms with Crippen LogP contribution in [0.5, 0.6) is 0 Å². The Labute approximate surface area is 212 Å². The molecule has 3 aromatic rings. The lowest BCUT2D eigenvalue weighted by Gasteiger charge is -2.32. The highest BCUT2D eigenvalue weighted by atomic mass is 35.5. The monoisotopic (exact) mass is 483 g/mol. The largest absolute Gasteiger partial charge is 0.374 e. The molecule has 2 aliphatic heterocycles. The normalized spacial score (nSPS) is 22.4. The molecule has 0 N–H and O–H groups in total. The summed E-state index contributed by atoms with van der Waals surface area (Å²) in [4.78, 5) is 22.4. The van der Waals surface area contributed by atoms with Crippen LogP contribution in [0.2, 0.25) is 5.02 Å². The number of likely N-dealkylation sites (tertiary alicyclic amines) is 1. The molecule has 0 radical (unpaired) electrons. The predicted molar refractivity (Wildman–Crippen MR) is 142 cm³/mol. The number of halogens is 1. The lowest BCUT2D eigenvalue weighted by Crippen LogP contribution is -2.39. The Bertz CT molecular complexity index is 1360. The number of amides is 1. The van der Waals surface area contributed by atoms with Gasteiger partial charge in [0.15, 0.2) is 0 Å². The van der Waals surface area contributed by atoms with E-state index >= 15 is 0 Å². The van der Waals surface area contributed by atoms with E-state index in [1.807, 2.05) is 29.4 Å². The Hall–Kier alpha value is -3.11. The van der Waals surface area contributed by atoms with Crippen LogP contribution in [-0.2, 0) is 5.54 Å². The first-order valence-corrected chi connectivity index (χ1v) is 12.9. The summed E-state index contributed by atoms with van der Waals surface area (Å²) >= 11 is 6.27. The fourth-order valence-corrected chi connectivity index (χ4v) is 6.49. The number of anilines is 1. The maximum absolute atomic E-state index is 13.4. The number of carbonyl (C=O) groups excluding carboxylic acids is 1. The smallest absolute Gasteiger partial charge is 0.259 e. The van der Waals surface area contributed by atoms with E-state index in [2.05, 4.69) is 67.1 Å². The summed E-state index contributed by atoms with van der Waals surface area (Å²) in [5.74, 6) is 0.873. The van der Waals surface area contributed by atoms with Gasteiger partial charge < -0.3 is 4.90 Å². The summed E-state index contributed by atoms with van der Waals surface area (Å²) in [6.07, 6.45) is 8.37. The third kappa shape index (κ3) is 3.49. The predicted octanol–water partition coefficient (Wildman–Crippen LogP) is 6.97. The van der Waals surface area contributed by atoms with E-state index in [9.17, 15) is 4.79 Å². The second kappa shape index (κ2) is 8.23. The maximum Gasteiger partial charge on any atom is 0.259 e. The number of hydrogen-bond acceptors (Lipinski definition) is 3. The van der Waals surface area contributed by atoms with Gasteiger partial charge in [0.25, 0.3) is 5.91 Å². The van der Waals surface area contributed by atoms with Crippen molar-refractivity contribution >= 4 is 29.3 Å². The fourth-order valence-electron chi connectivity index (χ4n) is 6.32. The standard InChI is InChI=1S/C30H30ClN3O/c1-4-24-25-8-6-5-7-19(25)14-28(24)33-12-11-20(18-33)21-13-23(17-32-16-21)34-29(35)26-10-9-22(31)15-27(26)30(34,2)3/h5-10,13-17,20,24H,4,11-12,18H2,1-3H3. The molecule has 3 aliphatic rings. The summed E-state index contributed by atoms with van der Waals surface area (Å²) in [5, 5.41) is 0.651. The highest BCUT2D eigenvalue weighted by molar-refractivity contribution is 6.31. The van der Waals surface area contributed by atoms with Gasteiger partial charge in [-0.2, -0.15) is 0 Å². The van der Waals surface area contributed by atoms with E-state index in [1.54, 1.807) is 6.07 Å². The van der Waals surface area contributed by atoms with Crippen molar-refractivity contribution in [3.05, 3.63) is 99.5 Å². The molecule has 0 saturated carbocycles. The summed E-state index contributed by atoms with van der Waals surface area (Å²) in [5.41, 5.74) is 7.49. The molecule has 2 aromatic carbocycles. The zero-order valence-electron chi connectivity index (χ0n) is 20.5. The van der Waals surface area contributed by atoms with E-state index in [0.717, 1.165) is 42.7 Å². The summed E-state index contributed by atoms with van der Waals surface area (Å²) in [7, 11) is 0. The Kier molecular flexibility index (Phi) is 5.26. The Morgan fingerprint density at radius 3 is 2.77 bits per heavy atom. The van der Waals surface area contributed by atoms with Crippen molar-refractivity contribution in [2.75, 3.05) is 18.0 Å². The highest BCUT2D eigenvalue weighted by Gasteiger charge is 2.44. The Morgan fingerprint density at radius 2 is 1.94 bits per heavy atom. The molecule has 0 spiro atoms. The summed E-state index contributed by atoms with van der Waals surface area (Å²) in [6.45, 7) is 8.46. The number of pyridine rings is 1. The van der Waals surface area contributed by atoms with Crippen molar-refractivity contribution in [1.29, 1.82) is 0 Å². The number of carbonyl (C=O) groups is 1. The van der Waals surface area contributed by atoms with Gasteiger partial charge in [0, 0.05) is 47.4 Å². The number of hydrogen-bond donors (Lipinski definition) is 0. The van der Waals surface area contributed by atoms with Crippen LogP contribution >= 0.6 is 11.6 Å². The molecule has 178 valence electrons. The molecule has 4 nitrogen and oxygen atoms in total. The van der Waals surface area contributed by atoms with E-state index in [4.69, 9.17) is 11.6 Å². The number of fused-ring (bicyclic) bond motifs is 2. The number of nitrogens with zero attached hydrogens (tertiary/aromatic N) is 3. The van der Waals surface area contributed by atoms with Gasteiger partial charge in [0.1, 0.15) is 0 Å². The lowest BCUT2D eigenvalue weighted by molar-refractivity contribution is 0.0982. The minimum Gasteiger partial charge on any atom is -0.374 e. The summed E-state index contributed by atoms with van der Waals surface area (Å²) in [6, 6.07) is 16.5. The van der Waals surface area contributed by atoms with Crippen LogP contribution in [0.15, 0.2) is 66.6 Å². The minimum atomic E-state index is -0.492. The fraction of sp³-hybridized carbons (Fsp3) is 0.333. The van der Waals surface area contributed by atoms with Gasteiger partial charge in [-0.1, -0.05) is 42.8 Å². The molecule has 5 heteroatoms. The van der Waals surface area contributed by atoms with Crippen molar-refractivity contribution in [1.82, 2.24) is 9.88 Å². The number of allylic oxidation sites excluding steroid dienone is 1. The lowest BCUT2D eigenvalue weighted by atomic mass is 9.93. The molecular weight excluding hydrogens is 454 g/mol. The maximum atomic E-state index is 13.4. The van der Waals surface area contributed by atoms with Crippen LogP contribution in [0.1, 0.15) is 78.1 Å². The topological polar surface area (TPSA) is 36.4 Å². The average molecular weight is 484 g/mol. The van der Waals surface area contributed by atoms with Crippen LogP contribution in [0, 0.1) is 0 Å². The van der Waals surface area contributed by atoms with Crippen LogP contribution in [0.4, 0.5) is 5.69 Å². The number of rotatable bonds is 4. The zero-order valence-corrected chi connectivity index (χ0v) is 21.2. The Morgan fingerprint density at radius 1 is 1.11 bits per heavy atom. The van der Waals surface area contributed by atoms with Gasteiger partial charge in [-0.05, 0) is 79.3 Å². The molecule has 1 saturated heterocycles. The molecule has 1 aliphatic carbocycles. The third-order valence-corrected chi connectivity index (χ3v) is 8.34. The summed E-state index contributed by atoms with van der Waals surface area (Å²) < 4.78 is 0. The van der Waals surface area contributed by atoms with E-state index in [-0.39, 0.29) is 5.91 Å². The van der Waals surface area contributed by atoms with E-state index in [1.165, 1.54) is 22.4 Å². The molecule has 2 unspecified atom stereocenters. The first-order valence-electron chi connectivity index (χ1n) is 12.5. The average Bonchev–Trinajstić information content (AvgIpc) is 3.53. The molecule has 1 amide bonds. The van der Waals surface area contributed by atoms with Gasteiger partial charge >= 0.3 is 0 Å². The highest BCUT2D eigenvalue weighted by Crippen LogP contribution is 2.45. The van der Waals surface area contributed by atoms with Crippen LogP contribution in [-0.4, -0.2) is 28.9 Å². The van der Waals surface area contributed by atoms with Crippen molar-refractivity contribution in [2.24, 2.45) is 0 Å². The van der Waals surface area contributed by atoms with Gasteiger partial charge in [-0.3, -0.25) is 14.7 Å². The van der Waals surface area contributed by atoms with Crippen molar-refractivity contribution in [3.8, 4) is 0 Å². The molecule has 35 heavy (non-hydrogen) atoms. The molecule has 3 heterocycles. The second-order valence-electron chi connectivity index (χ2n) is 10.5. The van der Waals surface area contributed by atoms with Crippen molar-refractivity contribution in [2.45, 2.75) is 51.0 Å². The van der Waals surface area contributed by atoms with Gasteiger partial charge in [-0.25, -0.2) is 0 Å². The van der Waals surface area contributed by atoms with Gasteiger partial charge in [0.2, 0.25) is 0 Å². The van der Waals surface area contributed by atoms with Crippen LogP contribution in [0.25, 0.3) is 6.08 Å². The Balaban J connectivity index is 1.26. The van der Waals surface area contributed by atoms with Crippen LogP contribution in [0.3, 0.4) is 0 Å². The molecule has 0 bridgehead atoms. The first-order chi connectivity index (χ1) is 16.9. The SMILES string of the molecule is CCC1C(N2CCC(c3cncc(N4C(=O)c5ccc(Cl)cc5C4(C)C)c3)C2)=Cc2ccccc21. The van der Waals surface area contributed by atoms with E-state index in [0.29, 0.717) is 16.9 Å². The number of aromatic nitrogens is 1. The van der Waals surface area contributed by atoms with Crippen molar-refractivity contribution < 1.29 is 4.79 Å². The van der Waals surface area contributed by atoms with Gasteiger partial charge in [0.05, 0.1) is 17.4 Å². The molecule has 1 aromatic heterocycles. The molecule has 2 atom stereocenters. The first kappa shape index (κ1) is 22.4.